The fourth-order valence-corrected chi connectivity index (χ4v) is 1.71. The maximum Gasteiger partial charge on any atom is 0.227 e. The zero-order valence-corrected chi connectivity index (χ0v) is 9.49. The lowest BCUT2D eigenvalue weighted by atomic mass is 10.2. The van der Waals surface area contributed by atoms with Crippen LogP contribution in [0.1, 0.15) is 13.3 Å². The van der Waals surface area contributed by atoms with Gasteiger partial charge in [-0.2, -0.15) is 0 Å². The van der Waals surface area contributed by atoms with Crippen molar-refractivity contribution >= 4 is 17.3 Å². The van der Waals surface area contributed by atoms with Gasteiger partial charge in [0.2, 0.25) is 5.91 Å². The molecule has 1 aromatic rings. The molecule has 0 bridgehead atoms. The van der Waals surface area contributed by atoms with Gasteiger partial charge in [0.25, 0.3) is 0 Å². The van der Waals surface area contributed by atoms with Gasteiger partial charge in [0.15, 0.2) is 0 Å². The van der Waals surface area contributed by atoms with E-state index in [2.05, 4.69) is 12.2 Å². The van der Waals surface area contributed by atoms with E-state index in [1.807, 2.05) is 0 Å². The van der Waals surface area contributed by atoms with Crippen LogP contribution in [0.2, 0.25) is 0 Å². The van der Waals surface area contributed by atoms with Crippen LogP contribution in [0.5, 0.6) is 5.75 Å². The number of carbonyl (C=O) groups excluding carboxylic acids is 1. The molecule has 2 atom stereocenters. The molecule has 0 spiro atoms. The zero-order chi connectivity index (χ0) is 11.7. The van der Waals surface area contributed by atoms with Gasteiger partial charge in [-0.15, -0.1) is 0 Å². The molecular weight excluding hydrogens is 204 g/mol. The molecule has 86 valence electrons. The Morgan fingerprint density at radius 3 is 2.81 bits per heavy atom. The average Bonchev–Trinajstić information content (AvgIpc) is 2.98. The third-order valence-corrected chi connectivity index (χ3v) is 2.95. The third kappa shape index (κ3) is 2.10. The summed E-state index contributed by atoms with van der Waals surface area (Å²) in [6.45, 7) is 2.08. The van der Waals surface area contributed by atoms with Gasteiger partial charge in [0, 0.05) is 17.7 Å². The van der Waals surface area contributed by atoms with Gasteiger partial charge in [0.1, 0.15) is 5.75 Å². The molecule has 2 rings (SSSR count). The van der Waals surface area contributed by atoms with E-state index in [1.165, 1.54) is 0 Å². The van der Waals surface area contributed by atoms with Crippen molar-refractivity contribution in [2.75, 3.05) is 18.2 Å². The number of anilines is 2. The van der Waals surface area contributed by atoms with Crippen molar-refractivity contribution in [3.63, 3.8) is 0 Å². The van der Waals surface area contributed by atoms with Crippen LogP contribution >= 0.6 is 0 Å². The van der Waals surface area contributed by atoms with Gasteiger partial charge in [0.05, 0.1) is 12.8 Å². The second-order valence-corrected chi connectivity index (χ2v) is 4.27. The summed E-state index contributed by atoms with van der Waals surface area (Å²) in [5.74, 6) is 1.35. The predicted molar refractivity (Wildman–Crippen MR) is 63.3 cm³/mol. The molecule has 4 heteroatoms. The highest BCUT2D eigenvalue weighted by molar-refractivity contribution is 5.94. The van der Waals surface area contributed by atoms with Gasteiger partial charge >= 0.3 is 0 Å². The predicted octanol–water partition coefficient (Wildman–Crippen LogP) is 1.87. The van der Waals surface area contributed by atoms with Crippen molar-refractivity contribution in [2.24, 2.45) is 11.8 Å². The summed E-state index contributed by atoms with van der Waals surface area (Å²) in [5, 5.41) is 2.86. The Hall–Kier alpha value is -1.71. The lowest BCUT2D eigenvalue weighted by Crippen LogP contribution is -2.14. The quantitative estimate of drug-likeness (QED) is 0.764. The van der Waals surface area contributed by atoms with Crippen molar-refractivity contribution in [1.82, 2.24) is 0 Å². The minimum Gasteiger partial charge on any atom is -0.495 e. The molecule has 0 saturated heterocycles. The largest absolute Gasteiger partial charge is 0.495 e. The Morgan fingerprint density at radius 1 is 1.56 bits per heavy atom. The van der Waals surface area contributed by atoms with Gasteiger partial charge in [-0.25, -0.2) is 0 Å². The standard InChI is InChI=1S/C12H16N2O2/c1-7-5-9(7)12(15)14-8-3-4-10(13)11(6-8)16-2/h3-4,6-7,9H,5,13H2,1-2H3,(H,14,15). The first-order chi connectivity index (χ1) is 7.61. The number of benzene rings is 1. The van der Waals surface area contributed by atoms with Crippen molar-refractivity contribution in [3.8, 4) is 5.75 Å². The van der Waals surface area contributed by atoms with Crippen molar-refractivity contribution in [1.29, 1.82) is 0 Å². The second kappa shape index (κ2) is 4.04. The number of methoxy groups -OCH3 is 1. The molecule has 1 fully saturated rings. The topological polar surface area (TPSA) is 64.3 Å². The maximum absolute atomic E-state index is 11.7. The van der Waals surface area contributed by atoms with Crippen LogP contribution in [0.15, 0.2) is 18.2 Å². The Labute approximate surface area is 94.8 Å². The number of hydrogen-bond acceptors (Lipinski definition) is 3. The Balaban J connectivity index is 2.07. The molecule has 1 aliphatic carbocycles. The van der Waals surface area contributed by atoms with E-state index < -0.39 is 0 Å². The van der Waals surface area contributed by atoms with Crippen LogP contribution in [-0.4, -0.2) is 13.0 Å². The highest BCUT2D eigenvalue weighted by Gasteiger charge is 2.39. The van der Waals surface area contributed by atoms with E-state index in [-0.39, 0.29) is 11.8 Å². The summed E-state index contributed by atoms with van der Waals surface area (Å²) in [7, 11) is 1.56. The minimum absolute atomic E-state index is 0.0827. The van der Waals surface area contributed by atoms with Crippen molar-refractivity contribution < 1.29 is 9.53 Å². The third-order valence-electron chi connectivity index (χ3n) is 2.95. The molecule has 0 aromatic heterocycles. The molecule has 16 heavy (non-hydrogen) atoms. The molecule has 1 aromatic carbocycles. The average molecular weight is 220 g/mol. The van der Waals surface area contributed by atoms with E-state index in [0.717, 1.165) is 12.1 Å². The normalized spacial score (nSPS) is 22.6. The summed E-state index contributed by atoms with van der Waals surface area (Å²) in [6, 6.07) is 5.24. The SMILES string of the molecule is COc1cc(NC(=O)C2CC2C)ccc1N. The number of nitrogens with one attached hydrogen (secondary N) is 1. The molecule has 1 amide bonds. The summed E-state index contributed by atoms with van der Waals surface area (Å²) in [6.07, 6.45) is 0.984. The van der Waals surface area contributed by atoms with Gasteiger partial charge in [-0.05, 0) is 24.5 Å². The van der Waals surface area contributed by atoms with Crippen molar-refractivity contribution in [3.05, 3.63) is 18.2 Å². The molecule has 0 radical (unpaired) electrons. The highest BCUT2D eigenvalue weighted by atomic mass is 16.5. The number of ether oxygens (including phenoxy) is 1. The first kappa shape index (κ1) is 10.8. The summed E-state index contributed by atoms with van der Waals surface area (Å²) in [4.78, 5) is 11.7. The van der Waals surface area contributed by atoms with E-state index >= 15 is 0 Å². The maximum atomic E-state index is 11.7. The van der Waals surface area contributed by atoms with Gasteiger partial charge < -0.3 is 15.8 Å². The first-order valence-electron chi connectivity index (χ1n) is 5.36. The van der Waals surface area contributed by atoms with Gasteiger partial charge in [-0.1, -0.05) is 6.92 Å². The van der Waals surface area contributed by atoms with Crippen LogP contribution in [0.25, 0.3) is 0 Å². The molecule has 1 aliphatic rings. The monoisotopic (exact) mass is 220 g/mol. The van der Waals surface area contributed by atoms with E-state index in [9.17, 15) is 4.79 Å². The van der Waals surface area contributed by atoms with Crippen molar-refractivity contribution in [2.45, 2.75) is 13.3 Å². The lowest BCUT2D eigenvalue weighted by molar-refractivity contribution is -0.117. The molecule has 2 unspecified atom stereocenters. The number of nitrogen functional groups attached to an aromatic ring is 1. The van der Waals surface area contributed by atoms with Gasteiger partial charge in [-0.3, -0.25) is 4.79 Å². The van der Waals surface area contributed by atoms with Crippen LogP contribution in [0.4, 0.5) is 11.4 Å². The smallest absolute Gasteiger partial charge is 0.227 e. The fraction of sp³-hybridized carbons (Fsp3) is 0.417. The number of rotatable bonds is 3. The number of hydrogen-bond donors (Lipinski definition) is 2. The minimum atomic E-state index is 0.0827. The molecule has 1 saturated carbocycles. The summed E-state index contributed by atoms with van der Waals surface area (Å²) < 4.78 is 5.09. The van der Waals surface area contributed by atoms with E-state index in [4.69, 9.17) is 10.5 Å². The zero-order valence-electron chi connectivity index (χ0n) is 9.49. The van der Waals surface area contributed by atoms with Crippen LogP contribution < -0.4 is 15.8 Å². The van der Waals surface area contributed by atoms with E-state index in [1.54, 1.807) is 25.3 Å². The summed E-state index contributed by atoms with van der Waals surface area (Å²) in [5.41, 5.74) is 6.99. The first-order valence-corrected chi connectivity index (χ1v) is 5.36. The molecular formula is C12H16N2O2. The highest BCUT2D eigenvalue weighted by Crippen LogP contribution is 2.38. The Bertz CT molecular complexity index is 417. The molecule has 3 N–H and O–H groups in total. The molecule has 4 nitrogen and oxygen atoms in total. The van der Waals surface area contributed by atoms with Crippen LogP contribution in [0, 0.1) is 11.8 Å². The second-order valence-electron chi connectivity index (χ2n) is 4.27. The number of nitrogens with two attached hydrogens (primary N) is 1. The lowest BCUT2D eigenvalue weighted by Gasteiger charge is -2.08. The van der Waals surface area contributed by atoms with Crippen LogP contribution in [-0.2, 0) is 4.79 Å². The number of carbonyl (C=O) groups is 1. The fourth-order valence-electron chi connectivity index (χ4n) is 1.71. The summed E-state index contributed by atoms with van der Waals surface area (Å²) >= 11 is 0. The number of amides is 1. The van der Waals surface area contributed by atoms with E-state index in [0.29, 0.717) is 17.4 Å². The Morgan fingerprint density at radius 2 is 2.25 bits per heavy atom. The van der Waals surface area contributed by atoms with Crippen LogP contribution in [0.3, 0.4) is 0 Å². The molecule has 0 heterocycles. The Kier molecular flexibility index (Phi) is 2.73. The molecule has 0 aliphatic heterocycles.